The lowest BCUT2D eigenvalue weighted by Crippen LogP contribution is -2.27. The Balaban J connectivity index is 3.15. The first kappa shape index (κ1) is 12.3. The molecule has 16 heavy (non-hydrogen) atoms. The Hall–Kier alpha value is -1.78. The van der Waals surface area contributed by atoms with Crippen molar-refractivity contribution in [2.75, 3.05) is 0 Å². The van der Waals surface area contributed by atoms with E-state index in [9.17, 15) is 14.7 Å². The Kier molecular flexibility index (Phi) is 3.07. The number of carbonyl (C=O) groups is 1. The summed E-state index contributed by atoms with van der Waals surface area (Å²) >= 11 is 0. The summed E-state index contributed by atoms with van der Waals surface area (Å²) in [6.07, 6.45) is 0. The van der Waals surface area contributed by atoms with Crippen LogP contribution in [-0.4, -0.2) is 16.7 Å². The van der Waals surface area contributed by atoms with E-state index in [0.717, 1.165) is 0 Å². The SMILES string of the molecule is Cc1cc(O)c(C(=O)OC(C)(C)C)c(=O)o1. The maximum absolute atomic E-state index is 11.6. The van der Waals surface area contributed by atoms with E-state index < -0.39 is 28.5 Å². The number of aryl methyl sites for hydroxylation is 1. The maximum Gasteiger partial charge on any atom is 0.354 e. The Morgan fingerprint density at radius 2 is 2.00 bits per heavy atom. The highest BCUT2D eigenvalue weighted by atomic mass is 16.6. The summed E-state index contributed by atoms with van der Waals surface area (Å²) < 4.78 is 9.67. The summed E-state index contributed by atoms with van der Waals surface area (Å²) in [6, 6.07) is 1.20. The Morgan fingerprint density at radius 3 is 2.44 bits per heavy atom. The number of hydrogen-bond donors (Lipinski definition) is 1. The fourth-order valence-electron chi connectivity index (χ4n) is 1.11. The standard InChI is InChI=1S/C11H14O5/c1-6-5-7(12)8(9(13)15-6)10(14)16-11(2,3)4/h5,12H,1-4H3. The number of hydrogen-bond acceptors (Lipinski definition) is 5. The van der Waals surface area contributed by atoms with Crippen LogP contribution in [0.5, 0.6) is 5.75 Å². The minimum absolute atomic E-state index is 0.231. The first-order valence-corrected chi connectivity index (χ1v) is 4.78. The van der Waals surface area contributed by atoms with Gasteiger partial charge in [0.25, 0.3) is 0 Å². The second-order valence-electron chi connectivity index (χ2n) is 4.41. The van der Waals surface area contributed by atoms with Crippen LogP contribution >= 0.6 is 0 Å². The van der Waals surface area contributed by atoms with Gasteiger partial charge in [-0.15, -0.1) is 0 Å². The average molecular weight is 226 g/mol. The molecule has 0 radical (unpaired) electrons. The second kappa shape index (κ2) is 4.00. The summed E-state index contributed by atoms with van der Waals surface area (Å²) in [5.74, 6) is -1.09. The molecule has 0 saturated carbocycles. The topological polar surface area (TPSA) is 76.7 Å². The van der Waals surface area contributed by atoms with Crippen LogP contribution in [0.4, 0.5) is 0 Å². The normalized spacial score (nSPS) is 11.2. The lowest BCUT2D eigenvalue weighted by Gasteiger charge is -2.19. The van der Waals surface area contributed by atoms with Crippen LogP contribution in [0.3, 0.4) is 0 Å². The molecule has 1 heterocycles. The number of carbonyl (C=O) groups excluding carboxylic acids is 1. The lowest BCUT2D eigenvalue weighted by molar-refractivity contribution is 0.00616. The molecule has 1 aromatic heterocycles. The monoisotopic (exact) mass is 226 g/mol. The lowest BCUT2D eigenvalue weighted by atomic mass is 10.2. The number of aromatic hydroxyl groups is 1. The fraction of sp³-hybridized carbons (Fsp3) is 0.455. The molecule has 1 N–H and O–H groups in total. The van der Waals surface area contributed by atoms with E-state index >= 15 is 0 Å². The van der Waals surface area contributed by atoms with Gasteiger partial charge in [-0.1, -0.05) is 0 Å². The highest BCUT2D eigenvalue weighted by Gasteiger charge is 2.24. The van der Waals surface area contributed by atoms with Crippen molar-refractivity contribution in [2.45, 2.75) is 33.3 Å². The average Bonchev–Trinajstić information content (AvgIpc) is 1.96. The molecule has 0 spiro atoms. The molecule has 1 rings (SSSR count). The zero-order valence-electron chi connectivity index (χ0n) is 9.66. The van der Waals surface area contributed by atoms with Gasteiger partial charge in [0.2, 0.25) is 0 Å². The van der Waals surface area contributed by atoms with Gasteiger partial charge in [0.15, 0.2) is 5.56 Å². The van der Waals surface area contributed by atoms with Crippen molar-refractivity contribution in [1.82, 2.24) is 0 Å². The highest BCUT2D eigenvalue weighted by Crippen LogP contribution is 2.18. The van der Waals surface area contributed by atoms with Crippen molar-refractivity contribution in [2.24, 2.45) is 0 Å². The van der Waals surface area contributed by atoms with Gasteiger partial charge in [-0.25, -0.2) is 9.59 Å². The van der Waals surface area contributed by atoms with Gasteiger partial charge in [0.1, 0.15) is 17.1 Å². The van der Waals surface area contributed by atoms with Crippen LogP contribution in [0, 0.1) is 6.92 Å². The minimum Gasteiger partial charge on any atom is -0.507 e. The van der Waals surface area contributed by atoms with Crippen LogP contribution in [0.1, 0.15) is 36.9 Å². The molecule has 0 bridgehead atoms. The van der Waals surface area contributed by atoms with Gasteiger partial charge in [0.05, 0.1) is 0 Å². The van der Waals surface area contributed by atoms with Gasteiger partial charge >= 0.3 is 11.6 Å². The van der Waals surface area contributed by atoms with E-state index in [1.54, 1.807) is 20.8 Å². The molecule has 0 fully saturated rings. The molecule has 0 amide bonds. The van der Waals surface area contributed by atoms with E-state index in [0.29, 0.717) is 0 Å². The van der Waals surface area contributed by atoms with Crippen LogP contribution in [0.2, 0.25) is 0 Å². The molecule has 5 heteroatoms. The zero-order chi connectivity index (χ0) is 12.5. The molecule has 5 nitrogen and oxygen atoms in total. The number of rotatable bonds is 1. The van der Waals surface area contributed by atoms with E-state index in [1.165, 1.54) is 13.0 Å². The minimum atomic E-state index is -0.897. The third-order valence-electron chi connectivity index (χ3n) is 1.66. The predicted molar refractivity (Wildman–Crippen MR) is 56.5 cm³/mol. The van der Waals surface area contributed by atoms with Gasteiger partial charge < -0.3 is 14.3 Å². The van der Waals surface area contributed by atoms with Gasteiger partial charge in [-0.05, 0) is 27.7 Å². The Morgan fingerprint density at radius 1 is 1.44 bits per heavy atom. The first-order chi connectivity index (χ1) is 7.20. The molecule has 0 aromatic carbocycles. The number of esters is 1. The predicted octanol–water partition coefficient (Wildman–Crippen LogP) is 1.61. The molecule has 1 aromatic rings. The molecular weight excluding hydrogens is 212 g/mol. The zero-order valence-corrected chi connectivity index (χ0v) is 9.66. The van der Waals surface area contributed by atoms with Crippen molar-refractivity contribution in [3.05, 3.63) is 27.8 Å². The highest BCUT2D eigenvalue weighted by molar-refractivity contribution is 5.91. The number of ether oxygens (including phenoxy) is 1. The van der Waals surface area contributed by atoms with Crippen LogP contribution in [0.15, 0.2) is 15.3 Å². The molecule has 0 aliphatic carbocycles. The van der Waals surface area contributed by atoms with Crippen molar-refractivity contribution < 1.29 is 19.1 Å². The molecule has 0 unspecified atom stereocenters. The molecule has 0 aliphatic heterocycles. The van der Waals surface area contributed by atoms with E-state index in [2.05, 4.69) is 0 Å². The van der Waals surface area contributed by atoms with Crippen molar-refractivity contribution >= 4 is 5.97 Å². The van der Waals surface area contributed by atoms with Gasteiger partial charge in [-0.3, -0.25) is 0 Å². The van der Waals surface area contributed by atoms with E-state index in [1.807, 2.05) is 0 Å². The Labute approximate surface area is 92.7 Å². The Bertz CT molecular complexity index is 464. The van der Waals surface area contributed by atoms with E-state index in [-0.39, 0.29) is 5.76 Å². The molecule has 0 saturated heterocycles. The maximum atomic E-state index is 11.6. The summed E-state index contributed by atoms with van der Waals surface area (Å²) in [4.78, 5) is 22.9. The van der Waals surface area contributed by atoms with Crippen LogP contribution < -0.4 is 5.63 Å². The van der Waals surface area contributed by atoms with Crippen molar-refractivity contribution in [3.8, 4) is 5.75 Å². The van der Waals surface area contributed by atoms with Gasteiger partial charge in [-0.2, -0.15) is 0 Å². The molecule has 0 atom stereocenters. The quantitative estimate of drug-likeness (QED) is 0.736. The second-order valence-corrected chi connectivity index (χ2v) is 4.41. The first-order valence-electron chi connectivity index (χ1n) is 4.78. The summed E-state index contributed by atoms with van der Waals surface area (Å²) in [6.45, 7) is 6.49. The van der Waals surface area contributed by atoms with Crippen LogP contribution in [0.25, 0.3) is 0 Å². The summed E-state index contributed by atoms with van der Waals surface area (Å²) in [5, 5.41) is 9.48. The summed E-state index contributed by atoms with van der Waals surface area (Å²) in [7, 11) is 0. The third-order valence-corrected chi connectivity index (χ3v) is 1.66. The van der Waals surface area contributed by atoms with E-state index in [4.69, 9.17) is 9.15 Å². The van der Waals surface area contributed by atoms with Gasteiger partial charge in [0, 0.05) is 6.07 Å². The van der Waals surface area contributed by atoms with Crippen LogP contribution in [-0.2, 0) is 4.74 Å². The molecule has 0 aliphatic rings. The smallest absolute Gasteiger partial charge is 0.354 e. The molecular formula is C11H14O5. The molecule has 88 valence electrons. The fourth-order valence-corrected chi connectivity index (χ4v) is 1.11. The summed E-state index contributed by atoms with van der Waals surface area (Å²) in [5.41, 5.74) is -2.10. The third kappa shape index (κ3) is 2.85. The van der Waals surface area contributed by atoms with Crippen molar-refractivity contribution in [1.29, 1.82) is 0 Å². The van der Waals surface area contributed by atoms with Crippen molar-refractivity contribution in [3.63, 3.8) is 0 Å². The largest absolute Gasteiger partial charge is 0.507 e.